The van der Waals surface area contributed by atoms with Crippen LogP contribution in [0.1, 0.15) is 12.8 Å². The van der Waals surface area contributed by atoms with E-state index in [2.05, 4.69) is 0 Å². The number of aliphatic hydroxyl groups is 1. The smallest absolute Gasteiger partial charge is 0.306 e. The normalized spacial score (nSPS) is 14.5. The molecule has 0 aromatic heterocycles. The molecule has 0 radical (unpaired) electrons. The molecule has 0 aromatic rings. The molecule has 66 valence electrons. The fraction of sp³-hybridized carbons (Fsp3) is 0.800. The van der Waals surface area contributed by atoms with Crippen LogP contribution in [0.5, 0.6) is 0 Å². The minimum absolute atomic E-state index is 0.177. The first-order chi connectivity index (χ1) is 4.83. The number of hydrogen-bond donors (Lipinski definition) is 2. The zero-order chi connectivity index (χ0) is 9.07. The van der Waals surface area contributed by atoms with Crippen LogP contribution in [-0.2, 0) is 4.79 Å². The lowest BCUT2D eigenvalue weighted by atomic mass is 10.2. The van der Waals surface area contributed by atoms with E-state index in [1.807, 2.05) is 0 Å². The van der Waals surface area contributed by atoms with Crippen molar-refractivity contribution in [2.75, 3.05) is 0 Å². The molecule has 3 nitrogen and oxygen atoms in total. The molecule has 0 aliphatic rings. The number of carboxylic acid groups (broad SMARTS) is 1. The molecule has 0 fully saturated rings. The summed E-state index contributed by atoms with van der Waals surface area (Å²) in [6.45, 7) is 0. The van der Waals surface area contributed by atoms with Gasteiger partial charge in [-0.3, -0.25) is 4.79 Å². The molecule has 0 aromatic carbocycles. The quantitative estimate of drug-likeness (QED) is 0.709. The van der Waals surface area contributed by atoms with Gasteiger partial charge in [-0.1, -0.05) is 11.6 Å². The number of alkyl halides is 3. The number of aliphatic hydroxyl groups excluding tert-OH is 1. The number of halogens is 3. The molecule has 11 heavy (non-hydrogen) atoms. The molecule has 1 unspecified atom stereocenters. The second-order valence-corrected chi connectivity index (χ2v) is 4.21. The van der Waals surface area contributed by atoms with E-state index in [4.69, 9.17) is 45.0 Å². The SMILES string of the molecule is O=C(O)CC(Cl)(Cl)CC(O)Cl. The van der Waals surface area contributed by atoms with Crippen molar-refractivity contribution in [1.82, 2.24) is 0 Å². The third kappa shape index (κ3) is 6.69. The summed E-state index contributed by atoms with van der Waals surface area (Å²) in [6, 6.07) is 0. The molecule has 0 aliphatic heterocycles. The van der Waals surface area contributed by atoms with Crippen LogP contribution in [0.3, 0.4) is 0 Å². The Balaban J connectivity index is 3.89. The predicted octanol–water partition coefficient (Wildman–Crippen LogP) is 1.58. The number of hydrogen-bond acceptors (Lipinski definition) is 2. The molecule has 2 N–H and O–H groups in total. The highest BCUT2D eigenvalue weighted by molar-refractivity contribution is 6.49. The van der Waals surface area contributed by atoms with Gasteiger partial charge in [-0.15, -0.1) is 23.2 Å². The fourth-order valence-electron chi connectivity index (χ4n) is 0.540. The van der Waals surface area contributed by atoms with Crippen molar-refractivity contribution in [1.29, 1.82) is 0 Å². The Morgan fingerprint density at radius 3 is 2.27 bits per heavy atom. The fourth-order valence-corrected chi connectivity index (χ4v) is 1.48. The lowest BCUT2D eigenvalue weighted by Crippen LogP contribution is -2.22. The van der Waals surface area contributed by atoms with Crippen LogP contribution < -0.4 is 0 Å². The standard InChI is InChI=1S/C5H7Cl3O3/c6-3(9)1-5(7,8)2-4(10)11/h3,9H,1-2H2,(H,10,11). The molecule has 1 atom stereocenters. The molecule has 0 bridgehead atoms. The topological polar surface area (TPSA) is 57.5 Å². The second kappa shape index (κ2) is 4.36. The summed E-state index contributed by atoms with van der Waals surface area (Å²) in [7, 11) is 0. The molecule has 0 amide bonds. The summed E-state index contributed by atoms with van der Waals surface area (Å²) < 4.78 is -1.49. The van der Waals surface area contributed by atoms with E-state index in [0.717, 1.165) is 0 Å². The van der Waals surface area contributed by atoms with E-state index >= 15 is 0 Å². The first-order valence-electron chi connectivity index (χ1n) is 2.75. The maximum atomic E-state index is 10.1. The Bertz CT molecular complexity index is 146. The van der Waals surface area contributed by atoms with E-state index in [1.54, 1.807) is 0 Å². The van der Waals surface area contributed by atoms with E-state index < -0.39 is 22.3 Å². The van der Waals surface area contributed by atoms with E-state index in [0.29, 0.717) is 0 Å². The number of carbonyl (C=O) groups is 1. The summed E-state index contributed by atoms with van der Waals surface area (Å²) in [5.41, 5.74) is -1.22. The molecule has 0 aliphatic carbocycles. The number of carboxylic acids is 1. The molecule has 0 heterocycles. The molecular weight excluding hydrogens is 214 g/mol. The molecule has 0 spiro atoms. The summed E-state index contributed by atoms with van der Waals surface area (Å²) in [5, 5.41) is 16.9. The largest absolute Gasteiger partial charge is 0.481 e. The van der Waals surface area contributed by atoms with Gasteiger partial charge in [0.15, 0.2) is 0 Å². The first kappa shape index (κ1) is 11.3. The lowest BCUT2D eigenvalue weighted by Gasteiger charge is -2.17. The van der Waals surface area contributed by atoms with Gasteiger partial charge in [-0.25, -0.2) is 0 Å². The van der Waals surface area contributed by atoms with Crippen LogP contribution in [0.15, 0.2) is 0 Å². The maximum Gasteiger partial charge on any atom is 0.306 e. The Hall–Kier alpha value is 0.300. The van der Waals surface area contributed by atoms with E-state index in [-0.39, 0.29) is 6.42 Å². The average Bonchev–Trinajstić information content (AvgIpc) is 1.53. The van der Waals surface area contributed by atoms with Gasteiger partial charge in [0.1, 0.15) is 9.90 Å². The Kier molecular flexibility index (Phi) is 4.48. The zero-order valence-electron chi connectivity index (χ0n) is 5.43. The van der Waals surface area contributed by atoms with E-state index in [1.165, 1.54) is 0 Å². The third-order valence-electron chi connectivity index (χ3n) is 0.877. The van der Waals surface area contributed by atoms with Gasteiger partial charge in [0.25, 0.3) is 0 Å². The minimum Gasteiger partial charge on any atom is -0.481 e. The lowest BCUT2D eigenvalue weighted by molar-refractivity contribution is -0.137. The molecule has 0 saturated heterocycles. The third-order valence-corrected chi connectivity index (χ3v) is 1.61. The number of aliphatic carboxylic acids is 1. The Morgan fingerprint density at radius 2 is 2.00 bits per heavy atom. The molecule has 0 saturated carbocycles. The van der Waals surface area contributed by atoms with Crippen molar-refractivity contribution in [2.24, 2.45) is 0 Å². The summed E-state index contributed by atoms with van der Waals surface area (Å²) in [6.07, 6.45) is -0.621. The molecule has 6 heteroatoms. The van der Waals surface area contributed by atoms with Crippen molar-refractivity contribution >= 4 is 40.8 Å². The summed E-state index contributed by atoms with van der Waals surface area (Å²) >= 11 is 16.1. The highest BCUT2D eigenvalue weighted by Gasteiger charge is 2.29. The van der Waals surface area contributed by atoms with Gasteiger partial charge in [0.2, 0.25) is 0 Å². The maximum absolute atomic E-state index is 10.1. The van der Waals surface area contributed by atoms with Crippen molar-refractivity contribution in [3.63, 3.8) is 0 Å². The van der Waals surface area contributed by atoms with Gasteiger partial charge in [0.05, 0.1) is 6.42 Å². The van der Waals surface area contributed by atoms with Crippen LogP contribution in [-0.4, -0.2) is 26.1 Å². The van der Waals surface area contributed by atoms with Gasteiger partial charge in [-0.05, 0) is 0 Å². The number of rotatable bonds is 4. The first-order valence-corrected chi connectivity index (χ1v) is 3.94. The Morgan fingerprint density at radius 1 is 1.55 bits per heavy atom. The van der Waals surface area contributed by atoms with Crippen LogP contribution >= 0.6 is 34.8 Å². The Labute approximate surface area is 78.9 Å². The second-order valence-electron chi connectivity index (χ2n) is 2.07. The molecular formula is C5H7Cl3O3. The highest BCUT2D eigenvalue weighted by Crippen LogP contribution is 2.31. The zero-order valence-corrected chi connectivity index (χ0v) is 7.70. The summed E-state index contributed by atoms with van der Waals surface area (Å²) in [5.74, 6) is -1.13. The van der Waals surface area contributed by atoms with Crippen LogP contribution in [0.4, 0.5) is 0 Å². The van der Waals surface area contributed by atoms with E-state index in [9.17, 15) is 4.79 Å². The van der Waals surface area contributed by atoms with Gasteiger partial charge in [0, 0.05) is 6.42 Å². The van der Waals surface area contributed by atoms with Crippen LogP contribution in [0, 0.1) is 0 Å². The van der Waals surface area contributed by atoms with Crippen LogP contribution in [0.2, 0.25) is 0 Å². The van der Waals surface area contributed by atoms with Gasteiger partial charge >= 0.3 is 5.97 Å². The van der Waals surface area contributed by atoms with Crippen molar-refractivity contribution in [3.8, 4) is 0 Å². The van der Waals surface area contributed by atoms with Gasteiger partial charge in [-0.2, -0.15) is 0 Å². The summed E-state index contributed by atoms with van der Waals surface area (Å²) in [4.78, 5) is 10.1. The monoisotopic (exact) mass is 220 g/mol. The predicted molar refractivity (Wildman–Crippen MR) is 43.2 cm³/mol. The van der Waals surface area contributed by atoms with Crippen LogP contribution in [0.25, 0.3) is 0 Å². The van der Waals surface area contributed by atoms with Crippen molar-refractivity contribution < 1.29 is 15.0 Å². The van der Waals surface area contributed by atoms with Gasteiger partial charge < -0.3 is 10.2 Å². The van der Waals surface area contributed by atoms with Crippen molar-refractivity contribution in [3.05, 3.63) is 0 Å². The highest BCUT2D eigenvalue weighted by atomic mass is 35.5. The average molecular weight is 221 g/mol. The van der Waals surface area contributed by atoms with Crippen molar-refractivity contribution in [2.45, 2.75) is 22.7 Å². The minimum atomic E-state index is -1.49. The molecule has 0 rings (SSSR count).